The lowest BCUT2D eigenvalue weighted by Gasteiger charge is -2.09. The van der Waals surface area contributed by atoms with E-state index in [1.54, 1.807) is 36.8 Å². The van der Waals surface area contributed by atoms with Gasteiger partial charge in [-0.25, -0.2) is 4.39 Å². The maximum atomic E-state index is 14.5. The van der Waals surface area contributed by atoms with E-state index in [0.717, 1.165) is 24.0 Å². The molecule has 3 rings (SSSR count). The molecule has 4 nitrogen and oxygen atoms in total. The number of halogens is 1. The fourth-order valence-corrected chi connectivity index (χ4v) is 3.06. The Morgan fingerprint density at radius 1 is 1.11 bits per heavy atom. The van der Waals surface area contributed by atoms with Crippen molar-refractivity contribution in [3.63, 3.8) is 0 Å². The van der Waals surface area contributed by atoms with Crippen molar-refractivity contribution in [3.8, 4) is 0 Å². The van der Waals surface area contributed by atoms with Gasteiger partial charge in [-0.2, -0.15) is 0 Å². The second kappa shape index (κ2) is 9.22. The van der Waals surface area contributed by atoms with Crippen molar-refractivity contribution in [2.45, 2.75) is 39.2 Å². The average Bonchev–Trinajstić information content (AvgIpc) is 2.70. The molecule has 1 aromatic carbocycles. The molecule has 0 amide bonds. The van der Waals surface area contributed by atoms with Gasteiger partial charge in [-0.15, -0.1) is 0 Å². The van der Waals surface area contributed by atoms with E-state index in [1.807, 2.05) is 19.1 Å². The molecule has 0 radical (unpaired) electrons. The van der Waals surface area contributed by atoms with E-state index < -0.39 is 0 Å². The molecular formula is C23H23FN2O2. The number of carbonyl (C=O) groups is 1. The summed E-state index contributed by atoms with van der Waals surface area (Å²) in [5, 5.41) is 0. The van der Waals surface area contributed by atoms with Crippen LogP contribution in [0.25, 0.3) is 0 Å². The highest BCUT2D eigenvalue weighted by molar-refractivity contribution is 5.95. The Bertz CT molecular complexity index is 1030. The van der Waals surface area contributed by atoms with E-state index >= 15 is 0 Å². The quantitative estimate of drug-likeness (QED) is 0.546. The molecule has 2 aromatic heterocycles. The van der Waals surface area contributed by atoms with Crippen LogP contribution in [0.5, 0.6) is 0 Å². The van der Waals surface area contributed by atoms with Gasteiger partial charge in [0.15, 0.2) is 5.78 Å². The molecule has 0 spiro atoms. The van der Waals surface area contributed by atoms with Gasteiger partial charge in [0.1, 0.15) is 5.82 Å². The number of unbranched alkanes of at least 4 members (excludes halogenated alkanes) is 1. The van der Waals surface area contributed by atoms with Crippen molar-refractivity contribution in [2.75, 3.05) is 0 Å². The van der Waals surface area contributed by atoms with Crippen molar-refractivity contribution in [2.24, 2.45) is 0 Å². The van der Waals surface area contributed by atoms with Gasteiger partial charge in [-0.3, -0.25) is 14.6 Å². The van der Waals surface area contributed by atoms with Crippen molar-refractivity contribution in [1.29, 1.82) is 0 Å². The first-order valence-corrected chi connectivity index (χ1v) is 9.46. The Labute approximate surface area is 163 Å². The Balaban J connectivity index is 1.73. The van der Waals surface area contributed by atoms with Gasteiger partial charge in [-0.1, -0.05) is 31.5 Å². The van der Waals surface area contributed by atoms with Gasteiger partial charge in [0.05, 0.1) is 6.54 Å². The van der Waals surface area contributed by atoms with Crippen molar-refractivity contribution >= 4 is 5.78 Å². The van der Waals surface area contributed by atoms with Crippen LogP contribution in [0.1, 0.15) is 53.2 Å². The normalized spacial score (nSPS) is 10.8. The highest BCUT2D eigenvalue weighted by atomic mass is 19.1. The SMILES string of the molecule is CCCCC(=O)c1cncc(Cc2ccc(Cn3ccccc3=O)c(F)c2)c1. The number of nitrogens with zero attached hydrogens (tertiary/aromatic N) is 2. The summed E-state index contributed by atoms with van der Waals surface area (Å²) in [5.41, 5.74) is 2.56. The lowest BCUT2D eigenvalue weighted by Crippen LogP contribution is -2.18. The smallest absolute Gasteiger partial charge is 0.250 e. The van der Waals surface area contributed by atoms with E-state index in [2.05, 4.69) is 4.98 Å². The van der Waals surface area contributed by atoms with E-state index in [-0.39, 0.29) is 23.7 Å². The molecule has 0 saturated carbocycles. The number of hydrogen-bond donors (Lipinski definition) is 0. The molecule has 0 atom stereocenters. The van der Waals surface area contributed by atoms with Crippen LogP contribution >= 0.6 is 0 Å². The zero-order valence-electron chi connectivity index (χ0n) is 15.9. The van der Waals surface area contributed by atoms with E-state index in [1.165, 1.54) is 16.7 Å². The van der Waals surface area contributed by atoms with Crippen LogP contribution in [-0.4, -0.2) is 15.3 Å². The Hall–Kier alpha value is -3.08. The first-order chi connectivity index (χ1) is 13.6. The summed E-state index contributed by atoms with van der Waals surface area (Å²) in [4.78, 5) is 28.1. The molecule has 28 heavy (non-hydrogen) atoms. The molecule has 5 heteroatoms. The topological polar surface area (TPSA) is 52.0 Å². The number of hydrogen-bond acceptors (Lipinski definition) is 3. The summed E-state index contributed by atoms with van der Waals surface area (Å²) < 4.78 is 16.0. The highest BCUT2D eigenvalue weighted by Gasteiger charge is 2.09. The predicted octanol–water partition coefficient (Wildman–Crippen LogP) is 4.39. The molecule has 144 valence electrons. The van der Waals surface area contributed by atoms with Gasteiger partial charge < -0.3 is 4.57 Å². The first kappa shape index (κ1) is 19.7. The van der Waals surface area contributed by atoms with Crippen molar-refractivity contribution in [1.82, 2.24) is 9.55 Å². The van der Waals surface area contributed by atoms with Crippen LogP contribution in [-0.2, 0) is 13.0 Å². The summed E-state index contributed by atoms with van der Waals surface area (Å²) in [5.74, 6) is -0.262. The average molecular weight is 378 g/mol. The summed E-state index contributed by atoms with van der Waals surface area (Å²) in [6.45, 7) is 2.24. The lowest BCUT2D eigenvalue weighted by atomic mass is 10.0. The van der Waals surface area contributed by atoms with Gasteiger partial charge in [-0.05, 0) is 42.2 Å². The van der Waals surface area contributed by atoms with E-state index in [4.69, 9.17) is 0 Å². The Morgan fingerprint density at radius 2 is 1.96 bits per heavy atom. The summed E-state index contributed by atoms with van der Waals surface area (Å²) in [6, 6.07) is 11.7. The van der Waals surface area contributed by atoms with Gasteiger partial charge in [0, 0.05) is 42.2 Å². The number of ketones is 1. The zero-order chi connectivity index (χ0) is 19.9. The minimum absolute atomic E-state index is 0.0889. The number of carbonyl (C=O) groups excluding carboxylic acids is 1. The van der Waals surface area contributed by atoms with E-state index in [0.29, 0.717) is 24.0 Å². The largest absolute Gasteiger partial charge is 0.311 e. The fraction of sp³-hybridized carbons (Fsp3) is 0.261. The van der Waals surface area contributed by atoms with Gasteiger partial charge in [0.2, 0.25) is 0 Å². The predicted molar refractivity (Wildman–Crippen MR) is 107 cm³/mol. The number of benzene rings is 1. The molecule has 0 bridgehead atoms. The van der Waals surface area contributed by atoms with Crippen LogP contribution in [0.15, 0.2) is 65.8 Å². The standard InChI is InChI=1S/C23H23FN2O2/c1-2-3-6-22(27)20-12-18(14-25-15-20)11-17-8-9-19(21(24)13-17)16-26-10-5-4-7-23(26)28/h4-5,7-10,12-15H,2-3,6,11,16H2,1H3. The fourth-order valence-electron chi connectivity index (χ4n) is 3.06. The number of Topliss-reactive ketones (excluding diaryl/α,β-unsaturated/α-hetero) is 1. The third kappa shape index (κ3) is 5.00. The van der Waals surface area contributed by atoms with Crippen LogP contribution in [0.2, 0.25) is 0 Å². The molecule has 0 unspecified atom stereocenters. The van der Waals surface area contributed by atoms with E-state index in [9.17, 15) is 14.0 Å². The minimum Gasteiger partial charge on any atom is -0.311 e. The van der Waals surface area contributed by atoms with Crippen LogP contribution < -0.4 is 5.56 Å². The molecule has 0 aliphatic heterocycles. The summed E-state index contributed by atoms with van der Waals surface area (Å²) in [7, 11) is 0. The van der Waals surface area contributed by atoms with Crippen LogP contribution in [0, 0.1) is 5.82 Å². The van der Waals surface area contributed by atoms with Gasteiger partial charge >= 0.3 is 0 Å². The molecule has 0 N–H and O–H groups in total. The molecule has 2 heterocycles. The Kier molecular flexibility index (Phi) is 6.48. The monoisotopic (exact) mass is 378 g/mol. The van der Waals surface area contributed by atoms with Crippen molar-refractivity contribution in [3.05, 3.63) is 99.5 Å². The van der Waals surface area contributed by atoms with Crippen LogP contribution in [0.4, 0.5) is 4.39 Å². The number of rotatable bonds is 8. The molecule has 0 aliphatic rings. The second-order valence-corrected chi connectivity index (χ2v) is 6.88. The molecule has 0 aliphatic carbocycles. The van der Waals surface area contributed by atoms with Crippen molar-refractivity contribution < 1.29 is 9.18 Å². The maximum absolute atomic E-state index is 14.5. The summed E-state index contributed by atoms with van der Waals surface area (Å²) >= 11 is 0. The number of pyridine rings is 2. The third-order valence-corrected chi connectivity index (χ3v) is 4.64. The molecule has 0 saturated heterocycles. The molecule has 3 aromatic rings. The summed E-state index contributed by atoms with van der Waals surface area (Å²) in [6.07, 6.45) is 7.77. The number of aromatic nitrogens is 2. The zero-order valence-corrected chi connectivity index (χ0v) is 15.9. The Morgan fingerprint density at radius 3 is 2.71 bits per heavy atom. The van der Waals surface area contributed by atoms with Crippen LogP contribution in [0.3, 0.4) is 0 Å². The minimum atomic E-state index is -0.351. The first-order valence-electron chi connectivity index (χ1n) is 9.46. The highest BCUT2D eigenvalue weighted by Crippen LogP contribution is 2.16. The molecular weight excluding hydrogens is 355 g/mol. The lowest BCUT2D eigenvalue weighted by molar-refractivity contribution is 0.0979. The second-order valence-electron chi connectivity index (χ2n) is 6.88. The van der Waals surface area contributed by atoms with Gasteiger partial charge in [0.25, 0.3) is 5.56 Å². The maximum Gasteiger partial charge on any atom is 0.250 e. The third-order valence-electron chi connectivity index (χ3n) is 4.64. The molecule has 0 fully saturated rings.